The van der Waals surface area contributed by atoms with Crippen LogP contribution in [0.2, 0.25) is 0 Å². The zero-order chi connectivity index (χ0) is 20.1. The molecule has 4 rings (SSSR count). The van der Waals surface area contributed by atoms with Crippen molar-refractivity contribution in [2.75, 3.05) is 38.9 Å². The first-order valence-electron chi connectivity index (χ1n) is 9.12. The van der Waals surface area contributed by atoms with Crippen LogP contribution in [-0.4, -0.2) is 44.4 Å². The van der Waals surface area contributed by atoms with Gasteiger partial charge in [0.15, 0.2) is 11.5 Å². The van der Waals surface area contributed by atoms with Gasteiger partial charge in [0.1, 0.15) is 25.5 Å². The minimum Gasteiger partial charge on any atom is -0.486 e. The van der Waals surface area contributed by atoms with Crippen LogP contribution >= 0.6 is 11.3 Å². The highest BCUT2D eigenvalue weighted by Gasteiger charge is 2.16. The van der Waals surface area contributed by atoms with Gasteiger partial charge < -0.3 is 24.3 Å². The number of ether oxygens (including phenoxy) is 4. The Labute approximate surface area is 172 Å². The van der Waals surface area contributed by atoms with Crippen molar-refractivity contribution in [3.05, 3.63) is 53.5 Å². The van der Waals surface area contributed by atoms with Gasteiger partial charge in [0, 0.05) is 18.2 Å². The molecule has 0 fully saturated rings. The lowest BCUT2D eigenvalue weighted by molar-refractivity contribution is 0.102. The van der Waals surface area contributed by atoms with Crippen molar-refractivity contribution in [2.24, 2.45) is 0 Å². The molecule has 1 amide bonds. The van der Waals surface area contributed by atoms with Crippen molar-refractivity contribution in [3.63, 3.8) is 0 Å². The summed E-state index contributed by atoms with van der Waals surface area (Å²) in [5.41, 5.74) is 1.49. The summed E-state index contributed by atoms with van der Waals surface area (Å²) in [7, 11) is 1.60. The first kappa shape index (κ1) is 19.2. The number of nitrogens with one attached hydrogen (secondary N) is 1. The molecule has 3 aromatic rings. The standard InChI is InChI=1S/C21H20N2O5S/c1-25-9-10-28-21-15(3-2-8-22-21)23-20(24)19-7-6-18(29-19)14-4-5-16-17(13-14)27-12-11-26-16/h2-8,13H,9-12H2,1H3,(H,23,24). The molecule has 1 N–H and O–H groups in total. The SMILES string of the molecule is COCCOc1ncccc1NC(=O)c1ccc(-c2ccc3c(c2)OCCO3)s1. The maximum atomic E-state index is 12.7. The quantitative estimate of drug-likeness (QED) is 0.594. The molecular weight excluding hydrogens is 392 g/mol. The van der Waals surface area contributed by atoms with Gasteiger partial charge in [-0.25, -0.2) is 4.98 Å². The Morgan fingerprint density at radius 1 is 1.14 bits per heavy atom. The number of methoxy groups -OCH3 is 1. The van der Waals surface area contributed by atoms with E-state index in [0.29, 0.717) is 42.9 Å². The Morgan fingerprint density at radius 2 is 2.00 bits per heavy atom. The zero-order valence-electron chi connectivity index (χ0n) is 15.8. The molecule has 29 heavy (non-hydrogen) atoms. The van der Waals surface area contributed by atoms with E-state index < -0.39 is 0 Å². The van der Waals surface area contributed by atoms with E-state index in [2.05, 4.69) is 10.3 Å². The van der Waals surface area contributed by atoms with E-state index >= 15 is 0 Å². The molecule has 0 aliphatic carbocycles. The number of hydrogen-bond donors (Lipinski definition) is 1. The van der Waals surface area contributed by atoms with E-state index in [0.717, 1.165) is 21.9 Å². The number of nitrogens with zero attached hydrogens (tertiary/aromatic N) is 1. The lowest BCUT2D eigenvalue weighted by Gasteiger charge is -2.18. The number of benzene rings is 1. The predicted molar refractivity (Wildman–Crippen MR) is 110 cm³/mol. The van der Waals surface area contributed by atoms with Crippen LogP contribution in [0.3, 0.4) is 0 Å². The maximum absolute atomic E-state index is 12.7. The van der Waals surface area contributed by atoms with Crippen molar-refractivity contribution in [3.8, 4) is 27.8 Å². The highest BCUT2D eigenvalue weighted by molar-refractivity contribution is 7.17. The fourth-order valence-corrected chi connectivity index (χ4v) is 3.72. The second-order valence-electron chi connectivity index (χ2n) is 6.17. The number of rotatable bonds is 7. The largest absolute Gasteiger partial charge is 0.486 e. The molecule has 3 heterocycles. The lowest BCUT2D eigenvalue weighted by atomic mass is 10.1. The molecule has 1 aliphatic heterocycles. The number of anilines is 1. The van der Waals surface area contributed by atoms with E-state index in [1.165, 1.54) is 11.3 Å². The van der Waals surface area contributed by atoms with Crippen LogP contribution in [0.1, 0.15) is 9.67 Å². The zero-order valence-corrected chi connectivity index (χ0v) is 16.7. The number of thiophene rings is 1. The van der Waals surface area contributed by atoms with Crippen molar-refractivity contribution in [2.45, 2.75) is 0 Å². The molecule has 7 nitrogen and oxygen atoms in total. The minimum absolute atomic E-state index is 0.219. The molecule has 150 valence electrons. The number of pyridine rings is 1. The summed E-state index contributed by atoms with van der Waals surface area (Å²) in [6.45, 7) is 1.88. The Morgan fingerprint density at radius 3 is 2.86 bits per heavy atom. The molecule has 2 aromatic heterocycles. The maximum Gasteiger partial charge on any atom is 0.265 e. The Bertz CT molecular complexity index is 1000. The summed E-state index contributed by atoms with van der Waals surface area (Å²) in [5.74, 6) is 1.61. The van der Waals surface area contributed by atoms with Crippen molar-refractivity contribution in [1.29, 1.82) is 0 Å². The van der Waals surface area contributed by atoms with Crippen LogP contribution in [-0.2, 0) is 4.74 Å². The third kappa shape index (κ3) is 4.49. The van der Waals surface area contributed by atoms with Gasteiger partial charge in [-0.2, -0.15) is 0 Å². The number of carbonyl (C=O) groups is 1. The Balaban J connectivity index is 1.48. The van der Waals surface area contributed by atoms with Crippen LogP contribution < -0.4 is 19.5 Å². The highest BCUT2D eigenvalue weighted by Crippen LogP contribution is 2.37. The smallest absolute Gasteiger partial charge is 0.265 e. The van der Waals surface area contributed by atoms with Crippen LogP contribution in [0.15, 0.2) is 48.7 Å². The average molecular weight is 412 g/mol. The van der Waals surface area contributed by atoms with E-state index in [-0.39, 0.29) is 5.91 Å². The summed E-state index contributed by atoms with van der Waals surface area (Å²) in [6.07, 6.45) is 1.61. The highest BCUT2D eigenvalue weighted by atomic mass is 32.1. The van der Waals surface area contributed by atoms with Gasteiger partial charge in [-0.3, -0.25) is 4.79 Å². The van der Waals surface area contributed by atoms with Gasteiger partial charge in [0.25, 0.3) is 5.91 Å². The van der Waals surface area contributed by atoms with Gasteiger partial charge in [0.2, 0.25) is 5.88 Å². The monoisotopic (exact) mass is 412 g/mol. The summed E-state index contributed by atoms with van der Waals surface area (Å²) >= 11 is 1.40. The molecule has 0 spiro atoms. The van der Waals surface area contributed by atoms with E-state index in [4.69, 9.17) is 18.9 Å². The fraction of sp³-hybridized carbons (Fsp3) is 0.238. The van der Waals surface area contributed by atoms with Crippen molar-refractivity contribution in [1.82, 2.24) is 4.98 Å². The molecule has 1 aliphatic rings. The number of aromatic nitrogens is 1. The topological polar surface area (TPSA) is 78.9 Å². The number of hydrogen-bond acceptors (Lipinski definition) is 7. The van der Waals surface area contributed by atoms with Gasteiger partial charge in [-0.05, 0) is 48.0 Å². The minimum atomic E-state index is -0.219. The number of fused-ring (bicyclic) bond motifs is 1. The number of amides is 1. The molecule has 0 saturated heterocycles. The van der Waals surface area contributed by atoms with Gasteiger partial charge >= 0.3 is 0 Å². The third-order valence-electron chi connectivity index (χ3n) is 4.20. The molecule has 1 aromatic carbocycles. The summed E-state index contributed by atoms with van der Waals surface area (Å²) in [6, 6.07) is 13.0. The third-order valence-corrected chi connectivity index (χ3v) is 5.34. The Kier molecular flexibility index (Phi) is 5.92. The van der Waals surface area contributed by atoms with Crippen molar-refractivity contribution < 1.29 is 23.7 Å². The summed E-state index contributed by atoms with van der Waals surface area (Å²) in [4.78, 5) is 18.4. The number of carbonyl (C=O) groups excluding carboxylic acids is 1. The second-order valence-corrected chi connectivity index (χ2v) is 7.26. The van der Waals surface area contributed by atoms with Crippen LogP contribution in [0.5, 0.6) is 17.4 Å². The molecule has 0 bridgehead atoms. The first-order valence-corrected chi connectivity index (χ1v) is 9.94. The summed E-state index contributed by atoms with van der Waals surface area (Å²) < 4.78 is 21.7. The predicted octanol–water partition coefficient (Wildman–Crippen LogP) is 3.86. The van der Waals surface area contributed by atoms with Crippen LogP contribution in [0.4, 0.5) is 5.69 Å². The molecular formula is C21H20N2O5S. The molecule has 0 radical (unpaired) electrons. The lowest BCUT2D eigenvalue weighted by Crippen LogP contribution is -2.15. The van der Waals surface area contributed by atoms with E-state index in [1.54, 1.807) is 31.5 Å². The molecule has 8 heteroatoms. The van der Waals surface area contributed by atoms with E-state index in [9.17, 15) is 4.79 Å². The van der Waals surface area contributed by atoms with Gasteiger partial charge in [0.05, 0.1) is 11.5 Å². The molecule has 0 unspecified atom stereocenters. The molecule has 0 atom stereocenters. The average Bonchev–Trinajstić information content (AvgIpc) is 3.25. The van der Waals surface area contributed by atoms with E-state index in [1.807, 2.05) is 24.3 Å². The second kappa shape index (κ2) is 8.93. The summed E-state index contributed by atoms with van der Waals surface area (Å²) in [5, 5.41) is 2.87. The van der Waals surface area contributed by atoms with Gasteiger partial charge in [-0.15, -0.1) is 11.3 Å². The van der Waals surface area contributed by atoms with Crippen molar-refractivity contribution >= 4 is 22.9 Å². The van der Waals surface area contributed by atoms with Crippen LogP contribution in [0, 0.1) is 0 Å². The fourth-order valence-electron chi connectivity index (χ4n) is 2.82. The van der Waals surface area contributed by atoms with Gasteiger partial charge in [-0.1, -0.05) is 0 Å². The van der Waals surface area contributed by atoms with Crippen LogP contribution in [0.25, 0.3) is 10.4 Å². The Hall–Kier alpha value is -3.10. The normalized spacial score (nSPS) is 12.4. The first-order chi connectivity index (χ1) is 14.2. The molecule has 0 saturated carbocycles.